The normalized spacial score (nSPS) is 10.9. The smallest absolute Gasteiger partial charge is 0.314 e. The van der Waals surface area contributed by atoms with Gasteiger partial charge in [-0.3, -0.25) is 14.4 Å². The summed E-state index contributed by atoms with van der Waals surface area (Å²) in [6, 6.07) is 9.23. The Morgan fingerprint density at radius 2 is 1.62 bits per heavy atom. The molecule has 0 saturated carbocycles. The summed E-state index contributed by atoms with van der Waals surface area (Å²) in [5.74, 6) is -0.106. The van der Waals surface area contributed by atoms with E-state index in [-0.39, 0.29) is 5.91 Å². The molecule has 0 aliphatic heterocycles. The maximum atomic E-state index is 12.7. The molecule has 6 nitrogen and oxygen atoms in total. The Morgan fingerprint density at radius 3 is 2.27 bits per heavy atom. The molecule has 6 heteroatoms. The molecule has 0 atom stereocenters. The average molecular weight is 351 g/mol. The van der Waals surface area contributed by atoms with E-state index in [1.165, 1.54) is 0 Å². The highest BCUT2D eigenvalue weighted by atomic mass is 16.2. The summed E-state index contributed by atoms with van der Waals surface area (Å²) in [6.07, 6.45) is 0. The van der Waals surface area contributed by atoms with Gasteiger partial charge in [0.05, 0.1) is 11.0 Å². The van der Waals surface area contributed by atoms with Crippen LogP contribution in [-0.2, 0) is 6.54 Å². The second-order valence-corrected chi connectivity index (χ2v) is 6.66. The first-order chi connectivity index (χ1) is 12.3. The first-order valence-electron chi connectivity index (χ1n) is 8.35. The van der Waals surface area contributed by atoms with Crippen molar-refractivity contribution in [3.63, 3.8) is 0 Å². The molecule has 0 fully saturated rings. The molecule has 134 valence electrons. The van der Waals surface area contributed by atoms with Gasteiger partial charge in [0, 0.05) is 24.7 Å². The summed E-state index contributed by atoms with van der Waals surface area (Å²) in [5.41, 5.74) is 4.20. The predicted octanol–water partition coefficient (Wildman–Crippen LogP) is 2.41. The lowest BCUT2D eigenvalue weighted by Gasteiger charge is -2.21. The summed E-state index contributed by atoms with van der Waals surface area (Å²) >= 11 is 0. The minimum Gasteiger partial charge on any atom is -0.337 e. The lowest BCUT2D eigenvalue weighted by atomic mass is 10.0. The zero-order chi connectivity index (χ0) is 19.0. The van der Waals surface area contributed by atoms with E-state index in [1.807, 2.05) is 39.0 Å². The molecular formula is C20H21N3O3. The van der Waals surface area contributed by atoms with Crippen LogP contribution < -0.4 is 11.1 Å². The number of H-pyrrole nitrogens is 2. The van der Waals surface area contributed by atoms with Gasteiger partial charge in [-0.1, -0.05) is 17.7 Å². The molecule has 0 spiro atoms. The molecule has 1 amide bonds. The van der Waals surface area contributed by atoms with Gasteiger partial charge in [0.1, 0.15) is 0 Å². The molecular weight excluding hydrogens is 330 g/mol. The van der Waals surface area contributed by atoms with Gasteiger partial charge in [0.25, 0.3) is 5.91 Å². The number of carbonyl (C=O) groups is 1. The predicted molar refractivity (Wildman–Crippen MR) is 102 cm³/mol. The number of nitrogens with one attached hydrogen (secondary N) is 2. The third-order valence-corrected chi connectivity index (χ3v) is 4.71. The van der Waals surface area contributed by atoms with Crippen LogP contribution in [0, 0.1) is 20.8 Å². The first kappa shape index (κ1) is 17.7. The molecule has 0 bridgehead atoms. The lowest BCUT2D eigenvalue weighted by Crippen LogP contribution is -2.31. The second kappa shape index (κ2) is 6.63. The summed E-state index contributed by atoms with van der Waals surface area (Å²) in [4.78, 5) is 43.0. The molecule has 2 aromatic carbocycles. The molecule has 0 aliphatic carbocycles. The quantitative estimate of drug-likeness (QED) is 0.711. The number of benzene rings is 2. The molecule has 0 aliphatic rings. The fourth-order valence-corrected chi connectivity index (χ4v) is 3.00. The van der Waals surface area contributed by atoms with E-state index in [0.29, 0.717) is 23.1 Å². The van der Waals surface area contributed by atoms with Crippen LogP contribution >= 0.6 is 0 Å². The molecule has 0 saturated heterocycles. The Labute approximate surface area is 150 Å². The van der Waals surface area contributed by atoms with E-state index >= 15 is 0 Å². The van der Waals surface area contributed by atoms with Gasteiger partial charge >= 0.3 is 11.1 Å². The van der Waals surface area contributed by atoms with Crippen LogP contribution in [0.1, 0.15) is 32.6 Å². The minimum atomic E-state index is -0.700. The molecule has 1 aromatic heterocycles. The van der Waals surface area contributed by atoms with Gasteiger partial charge in [-0.05, 0) is 50.1 Å². The Balaban J connectivity index is 2.04. The number of aromatic amines is 2. The minimum absolute atomic E-state index is 0.106. The van der Waals surface area contributed by atoms with Crippen LogP contribution in [0.25, 0.3) is 11.0 Å². The van der Waals surface area contributed by atoms with Gasteiger partial charge in [-0.2, -0.15) is 0 Å². The highest BCUT2D eigenvalue weighted by molar-refractivity contribution is 5.94. The zero-order valence-electron chi connectivity index (χ0n) is 15.3. The van der Waals surface area contributed by atoms with Crippen molar-refractivity contribution in [3.05, 3.63) is 78.9 Å². The van der Waals surface area contributed by atoms with Crippen LogP contribution in [-0.4, -0.2) is 27.8 Å². The molecule has 3 aromatic rings. The fourth-order valence-electron chi connectivity index (χ4n) is 3.00. The molecule has 1 heterocycles. The molecule has 2 N–H and O–H groups in total. The summed E-state index contributed by atoms with van der Waals surface area (Å²) in [5, 5.41) is 0. The summed E-state index contributed by atoms with van der Waals surface area (Å²) in [7, 11) is 1.72. The third kappa shape index (κ3) is 3.18. The Morgan fingerprint density at radius 1 is 1.00 bits per heavy atom. The Kier molecular flexibility index (Phi) is 4.50. The fraction of sp³-hybridized carbons (Fsp3) is 0.250. The number of aryl methyl sites for hydroxylation is 2. The van der Waals surface area contributed by atoms with E-state index < -0.39 is 11.1 Å². The third-order valence-electron chi connectivity index (χ3n) is 4.71. The topological polar surface area (TPSA) is 86.0 Å². The van der Waals surface area contributed by atoms with Crippen molar-refractivity contribution in [1.82, 2.24) is 14.9 Å². The first-order valence-corrected chi connectivity index (χ1v) is 8.35. The number of nitrogens with zero attached hydrogens (tertiary/aromatic N) is 1. The Bertz CT molecular complexity index is 1110. The van der Waals surface area contributed by atoms with E-state index in [0.717, 1.165) is 22.3 Å². The van der Waals surface area contributed by atoms with Gasteiger partial charge in [-0.25, -0.2) is 0 Å². The van der Waals surface area contributed by atoms with Gasteiger partial charge in [-0.15, -0.1) is 0 Å². The van der Waals surface area contributed by atoms with Crippen molar-refractivity contribution in [2.24, 2.45) is 0 Å². The molecule has 26 heavy (non-hydrogen) atoms. The van der Waals surface area contributed by atoms with Crippen LogP contribution in [0.2, 0.25) is 0 Å². The van der Waals surface area contributed by atoms with Gasteiger partial charge in [0.15, 0.2) is 0 Å². The Hall–Kier alpha value is -3.15. The van der Waals surface area contributed by atoms with Gasteiger partial charge in [0.2, 0.25) is 0 Å². The largest absolute Gasteiger partial charge is 0.337 e. The lowest BCUT2D eigenvalue weighted by molar-refractivity contribution is 0.0785. The monoisotopic (exact) mass is 351 g/mol. The number of carbonyl (C=O) groups excluding carboxylic acids is 1. The van der Waals surface area contributed by atoms with Crippen LogP contribution in [0.3, 0.4) is 0 Å². The van der Waals surface area contributed by atoms with Crippen molar-refractivity contribution in [2.75, 3.05) is 7.05 Å². The van der Waals surface area contributed by atoms with Crippen LogP contribution in [0.15, 0.2) is 39.9 Å². The highest BCUT2D eigenvalue weighted by Crippen LogP contribution is 2.23. The number of hydrogen-bond acceptors (Lipinski definition) is 3. The summed E-state index contributed by atoms with van der Waals surface area (Å²) in [6.45, 7) is 6.16. The maximum absolute atomic E-state index is 12.7. The van der Waals surface area contributed by atoms with Crippen molar-refractivity contribution in [3.8, 4) is 0 Å². The van der Waals surface area contributed by atoms with Crippen LogP contribution in [0.5, 0.6) is 0 Å². The second-order valence-electron chi connectivity index (χ2n) is 6.66. The van der Waals surface area contributed by atoms with Crippen molar-refractivity contribution < 1.29 is 4.79 Å². The highest BCUT2D eigenvalue weighted by Gasteiger charge is 2.17. The number of rotatable bonds is 3. The molecule has 3 rings (SSSR count). The average Bonchev–Trinajstić information content (AvgIpc) is 2.61. The SMILES string of the molecule is Cc1ccc(C(=O)N(C)Cc2c(C)c(C)cc3[nH]c(=O)c(=O)[nH]c23)cc1. The molecule has 0 radical (unpaired) electrons. The van der Waals surface area contributed by atoms with Crippen LogP contribution in [0.4, 0.5) is 0 Å². The number of aromatic nitrogens is 2. The van der Waals surface area contributed by atoms with Crippen molar-refractivity contribution >= 4 is 16.9 Å². The molecule has 0 unspecified atom stereocenters. The standard InChI is InChI=1S/C20H21N3O3/c1-11-5-7-14(8-6-11)20(26)23(4)10-15-13(3)12(2)9-16-17(15)22-19(25)18(24)21-16/h5-9H,10H2,1-4H3,(H,21,24)(H,22,25). The van der Waals surface area contributed by atoms with Gasteiger partial charge < -0.3 is 14.9 Å². The maximum Gasteiger partial charge on any atom is 0.314 e. The number of amides is 1. The van der Waals surface area contributed by atoms with Crippen molar-refractivity contribution in [1.29, 1.82) is 0 Å². The van der Waals surface area contributed by atoms with E-state index in [2.05, 4.69) is 9.97 Å². The van der Waals surface area contributed by atoms with E-state index in [1.54, 1.807) is 24.1 Å². The van der Waals surface area contributed by atoms with E-state index in [9.17, 15) is 14.4 Å². The van der Waals surface area contributed by atoms with Crippen molar-refractivity contribution in [2.45, 2.75) is 27.3 Å². The zero-order valence-corrected chi connectivity index (χ0v) is 15.3. The van der Waals surface area contributed by atoms with E-state index in [4.69, 9.17) is 0 Å². The number of hydrogen-bond donors (Lipinski definition) is 2. The number of fused-ring (bicyclic) bond motifs is 1. The summed E-state index contributed by atoms with van der Waals surface area (Å²) < 4.78 is 0.